The lowest BCUT2D eigenvalue weighted by molar-refractivity contribution is -0.113. The maximum atomic E-state index is 12.5. The van der Waals surface area contributed by atoms with E-state index < -0.39 is 0 Å². The van der Waals surface area contributed by atoms with Crippen molar-refractivity contribution >= 4 is 29.3 Å². The second kappa shape index (κ2) is 9.95. The lowest BCUT2D eigenvalue weighted by Gasteiger charge is -2.13. The van der Waals surface area contributed by atoms with Gasteiger partial charge in [0, 0.05) is 18.3 Å². The number of fused-ring (bicyclic) bond motifs is 1. The van der Waals surface area contributed by atoms with Crippen molar-refractivity contribution in [1.29, 1.82) is 0 Å². The van der Waals surface area contributed by atoms with Crippen molar-refractivity contribution in [2.45, 2.75) is 31.5 Å². The normalized spacial score (nSPS) is 12.1. The van der Waals surface area contributed by atoms with Crippen molar-refractivity contribution in [1.82, 2.24) is 20.1 Å². The number of nitrogens with zero attached hydrogens (tertiary/aromatic N) is 3. The highest BCUT2D eigenvalue weighted by molar-refractivity contribution is 7.99. The summed E-state index contributed by atoms with van der Waals surface area (Å²) >= 11 is 1.29. The van der Waals surface area contributed by atoms with E-state index in [0.29, 0.717) is 34.0 Å². The number of rotatable bonds is 8. The highest BCUT2D eigenvalue weighted by atomic mass is 32.2. The van der Waals surface area contributed by atoms with Crippen LogP contribution < -0.4 is 20.1 Å². The van der Waals surface area contributed by atoms with E-state index >= 15 is 0 Å². The number of nitrogens with one attached hydrogen (secondary N) is 2. The van der Waals surface area contributed by atoms with Crippen LogP contribution in [0.5, 0.6) is 11.5 Å². The standard InChI is InChI=1S/C23H25N5O4S/c1-14(2)16-6-4-5-7-17(16)25-21(29)12-33-23-27-26-20(28(23)3)11-24-22(30)15-8-9-18-19(10-15)32-13-31-18/h4-10,14H,11-13H2,1-3H3,(H,24,30)(H,25,29). The molecule has 0 bridgehead atoms. The van der Waals surface area contributed by atoms with Gasteiger partial charge in [-0.3, -0.25) is 9.59 Å². The van der Waals surface area contributed by atoms with E-state index in [0.717, 1.165) is 11.3 Å². The van der Waals surface area contributed by atoms with E-state index in [-0.39, 0.29) is 30.9 Å². The molecule has 0 atom stereocenters. The number of para-hydroxylation sites is 1. The van der Waals surface area contributed by atoms with Crippen molar-refractivity contribution in [3.63, 3.8) is 0 Å². The molecule has 2 heterocycles. The minimum absolute atomic E-state index is 0.117. The van der Waals surface area contributed by atoms with Crippen LogP contribution in [0, 0.1) is 0 Å². The number of hydrogen-bond acceptors (Lipinski definition) is 7. The molecule has 4 rings (SSSR count). The number of aromatic nitrogens is 3. The summed E-state index contributed by atoms with van der Waals surface area (Å²) in [5, 5.41) is 14.7. The van der Waals surface area contributed by atoms with Gasteiger partial charge in [0.05, 0.1) is 12.3 Å². The minimum Gasteiger partial charge on any atom is -0.454 e. The molecule has 0 saturated carbocycles. The first kappa shape index (κ1) is 22.7. The lowest BCUT2D eigenvalue weighted by Crippen LogP contribution is -2.24. The summed E-state index contributed by atoms with van der Waals surface area (Å²) in [5.41, 5.74) is 2.38. The summed E-state index contributed by atoms with van der Waals surface area (Å²) < 4.78 is 12.3. The molecule has 0 radical (unpaired) electrons. The number of carbonyl (C=O) groups excluding carboxylic acids is 2. The Hall–Kier alpha value is -3.53. The molecule has 172 valence electrons. The number of hydrogen-bond donors (Lipinski definition) is 2. The van der Waals surface area contributed by atoms with E-state index in [1.165, 1.54) is 11.8 Å². The van der Waals surface area contributed by atoms with Crippen LogP contribution in [0.15, 0.2) is 47.6 Å². The van der Waals surface area contributed by atoms with Gasteiger partial charge in [0.2, 0.25) is 12.7 Å². The quantitative estimate of drug-likeness (QED) is 0.489. The third kappa shape index (κ3) is 5.28. The average molecular weight is 468 g/mol. The van der Waals surface area contributed by atoms with Gasteiger partial charge in [-0.15, -0.1) is 10.2 Å². The highest BCUT2D eigenvalue weighted by Gasteiger charge is 2.17. The van der Waals surface area contributed by atoms with Gasteiger partial charge in [0.15, 0.2) is 22.5 Å². The lowest BCUT2D eigenvalue weighted by atomic mass is 10.0. The zero-order valence-electron chi connectivity index (χ0n) is 18.6. The van der Waals surface area contributed by atoms with E-state index in [1.807, 2.05) is 24.3 Å². The molecule has 10 heteroatoms. The molecule has 2 aromatic carbocycles. The molecule has 2 N–H and O–H groups in total. The Kier molecular flexibility index (Phi) is 6.83. The van der Waals surface area contributed by atoms with Crippen LogP contribution in [-0.4, -0.2) is 39.1 Å². The van der Waals surface area contributed by atoms with Crippen LogP contribution >= 0.6 is 11.8 Å². The summed E-state index contributed by atoms with van der Waals surface area (Å²) in [7, 11) is 1.80. The molecule has 1 aromatic heterocycles. The van der Waals surface area contributed by atoms with Gasteiger partial charge in [0.1, 0.15) is 0 Å². The van der Waals surface area contributed by atoms with Gasteiger partial charge in [-0.25, -0.2) is 0 Å². The first-order valence-corrected chi connectivity index (χ1v) is 11.5. The number of amides is 2. The zero-order valence-corrected chi connectivity index (χ0v) is 19.4. The van der Waals surface area contributed by atoms with Crippen molar-refractivity contribution < 1.29 is 19.1 Å². The van der Waals surface area contributed by atoms with Crippen molar-refractivity contribution in [2.24, 2.45) is 7.05 Å². The molecule has 0 fully saturated rings. The Morgan fingerprint density at radius 2 is 1.91 bits per heavy atom. The van der Waals surface area contributed by atoms with E-state index in [4.69, 9.17) is 9.47 Å². The van der Waals surface area contributed by atoms with E-state index in [2.05, 4.69) is 34.7 Å². The number of benzene rings is 2. The maximum Gasteiger partial charge on any atom is 0.251 e. The molecule has 33 heavy (non-hydrogen) atoms. The Bertz CT molecular complexity index is 1180. The third-order valence-corrected chi connectivity index (χ3v) is 6.18. The Morgan fingerprint density at radius 1 is 1.12 bits per heavy atom. The number of ether oxygens (including phenoxy) is 2. The topological polar surface area (TPSA) is 107 Å². The van der Waals surface area contributed by atoms with Gasteiger partial charge < -0.3 is 24.7 Å². The number of thioether (sulfide) groups is 1. The summed E-state index contributed by atoms with van der Waals surface area (Å²) in [5.74, 6) is 1.89. The monoisotopic (exact) mass is 467 g/mol. The largest absolute Gasteiger partial charge is 0.454 e. The second-order valence-electron chi connectivity index (χ2n) is 7.79. The number of carbonyl (C=O) groups is 2. The molecule has 0 saturated heterocycles. The Labute approximate surface area is 195 Å². The third-order valence-electron chi connectivity index (χ3n) is 5.16. The fourth-order valence-electron chi connectivity index (χ4n) is 3.35. The van der Waals surface area contributed by atoms with Gasteiger partial charge in [-0.05, 0) is 35.7 Å². The minimum atomic E-state index is -0.256. The molecule has 0 spiro atoms. The summed E-state index contributed by atoms with van der Waals surface area (Å²) in [6, 6.07) is 12.8. The van der Waals surface area contributed by atoms with Gasteiger partial charge in [-0.2, -0.15) is 0 Å². The van der Waals surface area contributed by atoms with E-state index in [1.54, 1.807) is 29.8 Å². The molecule has 0 unspecified atom stereocenters. The molecular weight excluding hydrogens is 442 g/mol. The molecule has 3 aromatic rings. The predicted octanol–water partition coefficient (Wildman–Crippen LogP) is 3.33. The van der Waals surface area contributed by atoms with Crippen LogP contribution in [0.1, 0.15) is 41.5 Å². The SMILES string of the molecule is CC(C)c1ccccc1NC(=O)CSc1nnc(CNC(=O)c2ccc3c(c2)OCO3)n1C. The first-order chi connectivity index (χ1) is 15.9. The first-order valence-electron chi connectivity index (χ1n) is 10.5. The van der Waals surface area contributed by atoms with Crippen molar-refractivity contribution in [3.05, 3.63) is 59.4 Å². The number of anilines is 1. The van der Waals surface area contributed by atoms with Crippen LogP contribution in [0.4, 0.5) is 5.69 Å². The summed E-state index contributed by atoms with van der Waals surface area (Å²) in [6.45, 7) is 4.53. The molecule has 1 aliphatic rings. The average Bonchev–Trinajstić information content (AvgIpc) is 3.42. The smallest absolute Gasteiger partial charge is 0.251 e. The van der Waals surface area contributed by atoms with Crippen molar-refractivity contribution in [3.8, 4) is 11.5 Å². The zero-order chi connectivity index (χ0) is 23.4. The van der Waals surface area contributed by atoms with Crippen LogP contribution in [0.3, 0.4) is 0 Å². The molecule has 2 amide bonds. The van der Waals surface area contributed by atoms with Gasteiger partial charge in [-0.1, -0.05) is 43.8 Å². The predicted molar refractivity (Wildman–Crippen MR) is 125 cm³/mol. The Morgan fingerprint density at radius 3 is 2.73 bits per heavy atom. The van der Waals surface area contributed by atoms with Crippen LogP contribution in [0.2, 0.25) is 0 Å². The van der Waals surface area contributed by atoms with E-state index in [9.17, 15) is 9.59 Å². The molecule has 9 nitrogen and oxygen atoms in total. The highest BCUT2D eigenvalue weighted by Crippen LogP contribution is 2.32. The second-order valence-corrected chi connectivity index (χ2v) is 8.73. The fraction of sp³-hybridized carbons (Fsp3) is 0.304. The van der Waals surface area contributed by atoms with Gasteiger partial charge >= 0.3 is 0 Å². The van der Waals surface area contributed by atoms with Gasteiger partial charge in [0.25, 0.3) is 5.91 Å². The molecule has 1 aliphatic heterocycles. The van der Waals surface area contributed by atoms with Crippen LogP contribution in [0.25, 0.3) is 0 Å². The van der Waals surface area contributed by atoms with Crippen LogP contribution in [-0.2, 0) is 18.4 Å². The Balaban J connectivity index is 1.31. The van der Waals surface area contributed by atoms with Crippen molar-refractivity contribution in [2.75, 3.05) is 17.9 Å². The fourth-order valence-corrected chi connectivity index (χ4v) is 4.08. The summed E-state index contributed by atoms with van der Waals surface area (Å²) in [4.78, 5) is 24.9. The molecule has 0 aliphatic carbocycles. The summed E-state index contributed by atoms with van der Waals surface area (Å²) in [6.07, 6.45) is 0. The maximum absolute atomic E-state index is 12.5. The molecular formula is C23H25N5O4S.